The van der Waals surface area contributed by atoms with Gasteiger partial charge in [0.15, 0.2) is 6.29 Å². The molecule has 0 aromatic rings. The molecule has 1 unspecified atom stereocenters. The van der Waals surface area contributed by atoms with E-state index in [0.717, 1.165) is 12.7 Å². The van der Waals surface area contributed by atoms with E-state index in [4.69, 9.17) is 5.41 Å². The summed E-state index contributed by atoms with van der Waals surface area (Å²) in [5.74, 6) is 0.697. The molecule has 1 saturated carbocycles. The molecule has 4 heteroatoms. The number of allylic oxidation sites excluding steroid dienone is 2. The molecule has 0 aromatic carbocycles. The Labute approximate surface area is 99.0 Å². The quantitative estimate of drug-likeness (QED) is 0.444. The molecule has 1 aliphatic rings. The van der Waals surface area contributed by atoms with Crippen LogP contribution in [0.2, 0.25) is 0 Å². The Morgan fingerprint density at radius 1 is 1.67 bits per heavy atom. The van der Waals surface area contributed by atoms with Gasteiger partial charge in [-0.25, -0.2) is 0 Å². The van der Waals surface area contributed by atoms with Crippen LogP contribution in [0.15, 0.2) is 11.8 Å². The van der Waals surface area contributed by atoms with Crippen LogP contribution in [0.25, 0.3) is 0 Å². The summed E-state index contributed by atoms with van der Waals surface area (Å²) in [4.78, 5) is 10.8. The van der Waals surface area contributed by atoms with Crippen molar-refractivity contribution in [1.29, 1.82) is 5.41 Å². The van der Waals surface area contributed by atoms with Gasteiger partial charge in [0.2, 0.25) is 0 Å². The Balaban J connectivity index is 2.54. The van der Waals surface area contributed by atoms with Crippen molar-refractivity contribution in [3.63, 3.8) is 0 Å². The third-order valence-corrected chi connectivity index (χ3v) is 3.15. The highest BCUT2D eigenvalue weighted by Crippen LogP contribution is 2.31. The van der Waals surface area contributed by atoms with Crippen molar-refractivity contribution in [3.05, 3.63) is 11.8 Å². The fourth-order valence-electron chi connectivity index (χ4n) is 1.86. The number of hydrogen-bond acceptors (Lipinski definition) is 3. The standard InChI is InChI=1S/C11H17BrN2O/c1-2-10(8-4-3-5-8)14-9(7-15)6-11(12)13/h6-8,10,13-14H,2-5H2,1H3/b9-6-,13-11?. The van der Waals surface area contributed by atoms with Crippen LogP contribution in [0, 0.1) is 11.3 Å². The van der Waals surface area contributed by atoms with E-state index in [-0.39, 0.29) is 4.62 Å². The first-order chi connectivity index (χ1) is 7.17. The molecule has 0 radical (unpaired) electrons. The fraction of sp³-hybridized carbons (Fsp3) is 0.636. The highest BCUT2D eigenvalue weighted by atomic mass is 79.9. The number of aldehydes is 1. The topological polar surface area (TPSA) is 53.0 Å². The van der Waals surface area contributed by atoms with Gasteiger partial charge in [-0.15, -0.1) is 0 Å². The Bertz CT molecular complexity index is 272. The van der Waals surface area contributed by atoms with Crippen LogP contribution in [0.1, 0.15) is 32.6 Å². The van der Waals surface area contributed by atoms with E-state index in [2.05, 4.69) is 28.2 Å². The van der Waals surface area contributed by atoms with Gasteiger partial charge in [0.25, 0.3) is 0 Å². The number of hydrogen-bond donors (Lipinski definition) is 2. The Morgan fingerprint density at radius 2 is 2.33 bits per heavy atom. The highest BCUT2D eigenvalue weighted by Gasteiger charge is 2.26. The van der Waals surface area contributed by atoms with Gasteiger partial charge in [-0.1, -0.05) is 13.3 Å². The maximum Gasteiger partial charge on any atom is 0.166 e. The molecular weight excluding hydrogens is 256 g/mol. The molecule has 0 spiro atoms. The maximum absolute atomic E-state index is 10.8. The number of nitrogens with one attached hydrogen (secondary N) is 2. The van der Waals surface area contributed by atoms with E-state index in [1.165, 1.54) is 25.3 Å². The van der Waals surface area contributed by atoms with E-state index in [1.54, 1.807) is 0 Å². The second-order valence-corrected chi connectivity index (χ2v) is 4.77. The minimum absolute atomic E-state index is 0.223. The first-order valence-corrected chi connectivity index (χ1v) is 6.14. The number of carbonyl (C=O) groups is 1. The van der Waals surface area contributed by atoms with Crippen LogP contribution in [0.3, 0.4) is 0 Å². The van der Waals surface area contributed by atoms with Crippen molar-refractivity contribution in [2.45, 2.75) is 38.6 Å². The third kappa shape index (κ3) is 3.78. The van der Waals surface area contributed by atoms with Gasteiger partial charge >= 0.3 is 0 Å². The molecule has 0 saturated heterocycles. The second kappa shape index (κ2) is 6.05. The monoisotopic (exact) mass is 272 g/mol. The zero-order valence-corrected chi connectivity index (χ0v) is 10.5. The molecule has 1 rings (SSSR count). The van der Waals surface area contributed by atoms with Gasteiger partial charge in [0, 0.05) is 6.04 Å². The Kier molecular flexibility index (Phi) is 5.02. The lowest BCUT2D eigenvalue weighted by atomic mass is 9.78. The summed E-state index contributed by atoms with van der Waals surface area (Å²) < 4.78 is 0.223. The minimum atomic E-state index is 0.223. The number of halogens is 1. The smallest absolute Gasteiger partial charge is 0.166 e. The van der Waals surface area contributed by atoms with Gasteiger partial charge in [-0.2, -0.15) is 0 Å². The normalized spacial score (nSPS) is 19.2. The molecule has 0 aromatic heterocycles. The Hall–Kier alpha value is -0.640. The van der Waals surface area contributed by atoms with Crippen molar-refractivity contribution in [3.8, 4) is 0 Å². The average Bonchev–Trinajstić information content (AvgIpc) is 2.11. The lowest BCUT2D eigenvalue weighted by Crippen LogP contribution is -2.39. The number of carbonyl (C=O) groups excluding carboxylic acids is 1. The van der Waals surface area contributed by atoms with Gasteiger partial charge < -0.3 is 5.32 Å². The van der Waals surface area contributed by atoms with E-state index in [1.807, 2.05) is 0 Å². The van der Waals surface area contributed by atoms with Gasteiger partial charge in [-0.3, -0.25) is 10.2 Å². The largest absolute Gasteiger partial charge is 0.379 e. The van der Waals surface area contributed by atoms with Crippen LogP contribution < -0.4 is 5.32 Å². The average molecular weight is 273 g/mol. The predicted molar refractivity (Wildman–Crippen MR) is 65.4 cm³/mol. The van der Waals surface area contributed by atoms with Crippen molar-refractivity contribution >= 4 is 26.8 Å². The van der Waals surface area contributed by atoms with Crippen LogP contribution in [0.4, 0.5) is 0 Å². The van der Waals surface area contributed by atoms with Crippen LogP contribution in [-0.2, 0) is 4.79 Å². The third-order valence-electron chi connectivity index (χ3n) is 2.92. The predicted octanol–water partition coefficient (Wildman–Crippen LogP) is 2.61. The van der Waals surface area contributed by atoms with E-state index in [9.17, 15) is 4.79 Å². The molecule has 3 nitrogen and oxygen atoms in total. The molecule has 2 N–H and O–H groups in total. The van der Waals surface area contributed by atoms with Crippen LogP contribution in [-0.4, -0.2) is 16.9 Å². The first kappa shape index (κ1) is 12.4. The maximum atomic E-state index is 10.8. The van der Waals surface area contributed by atoms with E-state index >= 15 is 0 Å². The molecule has 1 atom stereocenters. The molecule has 0 aliphatic heterocycles. The zero-order chi connectivity index (χ0) is 11.3. The van der Waals surface area contributed by atoms with Crippen molar-refractivity contribution in [2.24, 2.45) is 5.92 Å². The van der Waals surface area contributed by atoms with Crippen LogP contribution in [0.5, 0.6) is 0 Å². The molecule has 0 heterocycles. The lowest BCUT2D eigenvalue weighted by Gasteiger charge is -2.34. The van der Waals surface area contributed by atoms with Crippen molar-refractivity contribution in [2.75, 3.05) is 0 Å². The van der Waals surface area contributed by atoms with Gasteiger partial charge in [0.05, 0.1) is 10.3 Å². The first-order valence-electron chi connectivity index (χ1n) is 5.34. The molecule has 15 heavy (non-hydrogen) atoms. The highest BCUT2D eigenvalue weighted by molar-refractivity contribution is 9.18. The lowest BCUT2D eigenvalue weighted by molar-refractivity contribution is -0.105. The van der Waals surface area contributed by atoms with Gasteiger partial charge in [0.1, 0.15) is 0 Å². The second-order valence-electron chi connectivity index (χ2n) is 3.92. The molecule has 1 fully saturated rings. The zero-order valence-electron chi connectivity index (χ0n) is 8.92. The summed E-state index contributed by atoms with van der Waals surface area (Å²) >= 11 is 3.00. The molecule has 1 aliphatic carbocycles. The summed E-state index contributed by atoms with van der Waals surface area (Å²) in [6.45, 7) is 2.12. The van der Waals surface area contributed by atoms with E-state index in [0.29, 0.717) is 17.7 Å². The summed E-state index contributed by atoms with van der Waals surface area (Å²) in [6, 6.07) is 0.377. The molecule has 0 amide bonds. The summed E-state index contributed by atoms with van der Waals surface area (Å²) in [5, 5.41) is 10.4. The summed E-state index contributed by atoms with van der Waals surface area (Å²) in [7, 11) is 0. The SMILES string of the molecule is CCC(N/C(C=O)=C\C(=N)Br)C1CCC1. The van der Waals surface area contributed by atoms with Crippen molar-refractivity contribution < 1.29 is 4.79 Å². The molecule has 84 valence electrons. The Morgan fingerprint density at radius 3 is 2.67 bits per heavy atom. The van der Waals surface area contributed by atoms with E-state index < -0.39 is 0 Å². The van der Waals surface area contributed by atoms with Gasteiger partial charge in [-0.05, 0) is 47.2 Å². The number of rotatable bonds is 6. The summed E-state index contributed by atoms with van der Waals surface area (Å²) in [5.41, 5.74) is 0.496. The minimum Gasteiger partial charge on any atom is -0.379 e. The van der Waals surface area contributed by atoms with Crippen molar-refractivity contribution in [1.82, 2.24) is 5.32 Å². The fourth-order valence-corrected chi connectivity index (χ4v) is 2.10. The summed E-state index contributed by atoms with van der Waals surface area (Å²) in [6.07, 6.45) is 7.11. The van der Waals surface area contributed by atoms with Crippen LogP contribution >= 0.6 is 15.9 Å². The molecular formula is C11H17BrN2O. The molecule has 0 bridgehead atoms.